The fourth-order valence-corrected chi connectivity index (χ4v) is 3.50. The topological polar surface area (TPSA) is 88.8 Å². The Morgan fingerprint density at radius 2 is 2.00 bits per heavy atom. The number of hydrogen-bond donors (Lipinski definition) is 2. The van der Waals surface area contributed by atoms with Crippen molar-refractivity contribution in [3.8, 4) is 0 Å². The van der Waals surface area contributed by atoms with Crippen LogP contribution in [0.3, 0.4) is 0 Å². The number of rotatable bonds is 4. The molecular weight excluding hydrogens is 262 g/mol. The molecule has 0 saturated carbocycles. The summed E-state index contributed by atoms with van der Waals surface area (Å²) in [7, 11) is -3.20. The van der Waals surface area contributed by atoms with Crippen molar-refractivity contribution in [1.82, 2.24) is 9.97 Å². The Balaban J connectivity index is 2.31. The second kappa shape index (κ2) is 4.85. The lowest BCUT2D eigenvalue weighted by atomic mass is 10.2. The van der Waals surface area contributed by atoms with Crippen LogP contribution in [0, 0.1) is 5.92 Å². The molecule has 2 aromatic rings. The highest BCUT2D eigenvalue weighted by atomic mass is 32.2. The van der Waals surface area contributed by atoms with E-state index in [1.807, 2.05) is 13.8 Å². The largest absolute Gasteiger partial charge is 0.399 e. The number of fused-ring (bicyclic) bond motifs is 1. The number of nitrogens with zero attached hydrogens (tertiary/aromatic N) is 1. The van der Waals surface area contributed by atoms with Crippen molar-refractivity contribution in [1.29, 1.82) is 0 Å². The molecule has 1 unspecified atom stereocenters. The zero-order valence-corrected chi connectivity index (χ0v) is 12.2. The van der Waals surface area contributed by atoms with Crippen LogP contribution >= 0.6 is 0 Å². The van der Waals surface area contributed by atoms with Gasteiger partial charge in [-0.3, -0.25) is 0 Å². The van der Waals surface area contributed by atoms with Crippen LogP contribution in [0.5, 0.6) is 0 Å². The minimum Gasteiger partial charge on any atom is -0.399 e. The Hall–Kier alpha value is -1.56. The summed E-state index contributed by atoms with van der Waals surface area (Å²) in [6.07, 6.45) is 0. The maximum atomic E-state index is 12.2. The van der Waals surface area contributed by atoms with Crippen molar-refractivity contribution in [3.05, 3.63) is 24.0 Å². The average Bonchev–Trinajstić information content (AvgIpc) is 2.68. The summed E-state index contributed by atoms with van der Waals surface area (Å²) in [5.74, 6) is 0.485. The third-order valence-corrected chi connectivity index (χ3v) is 5.75. The van der Waals surface area contributed by atoms with Gasteiger partial charge in [-0.2, -0.15) is 0 Å². The minimum atomic E-state index is -3.20. The molecule has 1 aromatic carbocycles. The second-order valence-corrected chi connectivity index (χ2v) is 7.57. The van der Waals surface area contributed by atoms with Crippen molar-refractivity contribution >= 4 is 26.6 Å². The van der Waals surface area contributed by atoms with Gasteiger partial charge in [-0.15, -0.1) is 0 Å². The Bertz CT molecular complexity index is 689. The highest BCUT2D eigenvalue weighted by molar-refractivity contribution is 7.91. The molecule has 6 heteroatoms. The molecule has 0 aliphatic rings. The maximum absolute atomic E-state index is 12.2. The number of benzene rings is 1. The second-order valence-electron chi connectivity index (χ2n) is 5.22. The molecule has 0 amide bonds. The van der Waals surface area contributed by atoms with Gasteiger partial charge in [0.2, 0.25) is 0 Å². The number of nitrogens with two attached hydrogens (primary N) is 1. The number of imidazole rings is 1. The standard InChI is InChI=1S/C13H19N3O2S/c1-8(2)9(3)19(17,18)7-13-15-11-5-4-10(14)6-12(11)16-13/h4-6,8-9H,7,14H2,1-3H3,(H,15,16). The monoisotopic (exact) mass is 281 g/mol. The molecule has 1 aromatic heterocycles. The Morgan fingerprint density at radius 3 is 2.63 bits per heavy atom. The van der Waals surface area contributed by atoms with E-state index in [2.05, 4.69) is 9.97 Å². The van der Waals surface area contributed by atoms with Crippen molar-refractivity contribution in [2.24, 2.45) is 5.92 Å². The van der Waals surface area contributed by atoms with E-state index in [1.165, 1.54) is 0 Å². The van der Waals surface area contributed by atoms with Crippen molar-refractivity contribution in [3.63, 3.8) is 0 Å². The Morgan fingerprint density at radius 1 is 1.32 bits per heavy atom. The number of aromatic amines is 1. The number of aromatic nitrogens is 2. The van der Waals surface area contributed by atoms with Crippen LogP contribution in [-0.4, -0.2) is 23.6 Å². The number of anilines is 1. The first kappa shape index (κ1) is 13.9. The summed E-state index contributed by atoms with van der Waals surface area (Å²) in [6, 6.07) is 5.28. The van der Waals surface area contributed by atoms with Crippen molar-refractivity contribution in [2.75, 3.05) is 5.73 Å². The van der Waals surface area contributed by atoms with Crippen LogP contribution in [0.15, 0.2) is 18.2 Å². The molecule has 0 aliphatic heterocycles. The normalized spacial score (nSPS) is 14.1. The van der Waals surface area contributed by atoms with Crippen LogP contribution in [0.1, 0.15) is 26.6 Å². The van der Waals surface area contributed by atoms with E-state index in [0.29, 0.717) is 11.5 Å². The Kier molecular flexibility index (Phi) is 3.54. The molecule has 0 radical (unpaired) electrons. The molecule has 0 fully saturated rings. The number of sulfone groups is 1. The van der Waals surface area contributed by atoms with Gasteiger partial charge in [0.15, 0.2) is 9.84 Å². The van der Waals surface area contributed by atoms with Gasteiger partial charge < -0.3 is 10.7 Å². The summed E-state index contributed by atoms with van der Waals surface area (Å²) in [4.78, 5) is 7.31. The first-order chi connectivity index (χ1) is 8.79. The van der Waals surface area contributed by atoms with Crippen LogP contribution < -0.4 is 5.73 Å². The van der Waals surface area contributed by atoms with Crippen LogP contribution in [0.4, 0.5) is 5.69 Å². The lowest BCUT2D eigenvalue weighted by molar-refractivity contribution is 0.544. The predicted molar refractivity (Wildman–Crippen MR) is 77.4 cm³/mol. The average molecular weight is 281 g/mol. The molecule has 0 bridgehead atoms. The third-order valence-electron chi connectivity index (χ3n) is 3.40. The van der Waals surface area contributed by atoms with Gasteiger partial charge in [0, 0.05) is 5.69 Å². The van der Waals surface area contributed by atoms with Gasteiger partial charge in [-0.1, -0.05) is 13.8 Å². The molecule has 1 heterocycles. The van der Waals surface area contributed by atoms with Gasteiger partial charge in [0.25, 0.3) is 0 Å². The highest BCUT2D eigenvalue weighted by Gasteiger charge is 2.25. The van der Waals surface area contributed by atoms with Gasteiger partial charge in [-0.05, 0) is 31.0 Å². The molecule has 1 atom stereocenters. The van der Waals surface area contributed by atoms with Crippen LogP contribution in [0.25, 0.3) is 11.0 Å². The molecule has 5 nitrogen and oxygen atoms in total. The summed E-state index contributed by atoms with van der Waals surface area (Å²) < 4.78 is 24.4. The number of hydrogen-bond acceptors (Lipinski definition) is 4. The number of nitrogens with one attached hydrogen (secondary N) is 1. The molecular formula is C13H19N3O2S. The zero-order valence-electron chi connectivity index (χ0n) is 11.3. The smallest absolute Gasteiger partial charge is 0.160 e. The Labute approximate surface area is 113 Å². The summed E-state index contributed by atoms with van der Waals surface area (Å²) in [5.41, 5.74) is 7.81. The van der Waals surface area contributed by atoms with E-state index in [1.54, 1.807) is 25.1 Å². The van der Waals surface area contributed by atoms with E-state index < -0.39 is 9.84 Å². The number of H-pyrrole nitrogens is 1. The van der Waals surface area contributed by atoms with Crippen LogP contribution in [0.2, 0.25) is 0 Å². The van der Waals surface area contributed by atoms with E-state index in [4.69, 9.17) is 5.73 Å². The molecule has 0 aliphatic carbocycles. The lowest BCUT2D eigenvalue weighted by Gasteiger charge is -2.15. The highest BCUT2D eigenvalue weighted by Crippen LogP contribution is 2.19. The molecule has 0 spiro atoms. The van der Waals surface area contributed by atoms with Crippen molar-refractivity contribution < 1.29 is 8.42 Å². The fraction of sp³-hybridized carbons (Fsp3) is 0.462. The first-order valence-electron chi connectivity index (χ1n) is 6.25. The van der Waals surface area contributed by atoms with Gasteiger partial charge >= 0.3 is 0 Å². The van der Waals surface area contributed by atoms with Gasteiger partial charge in [0.05, 0.1) is 16.3 Å². The maximum Gasteiger partial charge on any atom is 0.160 e. The molecule has 0 saturated heterocycles. The van der Waals surface area contributed by atoms with E-state index >= 15 is 0 Å². The molecule has 2 rings (SSSR count). The minimum absolute atomic E-state index is 0.0685. The van der Waals surface area contributed by atoms with E-state index in [-0.39, 0.29) is 16.9 Å². The van der Waals surface area contributed by atoms with E-state index in [9.17, 15) is 8.42 Å². The van der Waals surface area contributed by atoms with E-state index in [0.717, 1.165) is 11.0 Å². The summed E-state index contributed by atoms with van der Waals surface area (Å²) >= 11 is 0. The molecule has 104 valence electrons. The molecule has 19 heavy (non-hydrogen) atoms. The van der Waals surface area contributed by atoms with Gasteiger partial charge in [-0.25, -0.2) is 13.4 Å². The lowest BCUT2D eigenvalue weighted by Crippen LogP contribution is -2.25. The van der Waals surface area contributed by atoms with Gasteiger partial charge in [0.1, 0.15) is 11.6 Å². The summed E-state index contributed by atoms with van der Waals surface area (Å²) in [5, 5.41) is -0.384. The SMILES string of the molecule is CC(C)C(C)S(=O)(=O)Cc1nc2ccc(N)cc2[nH]1. The summed E-state index contributed by atoms with van der Waals surface area (Å²) in [6.45, 7) is 5.55. The number of nitrogen functional groups attached to an aromatic ring is 1. The third kappa shape index (κ3) is 2.89. The van der Waals surface area contributed by atoms with Crippen LogP contribution in [-0.2, 0) is 15.6 Å². The predicted octanol–water partition coefficient (Wildman–Crippen LogP) is 2.10. The van der Waals surface area contributed by atoms with Crippen molar-refractivity contribution in [2.45, 2.75) is 31.8 Å². The molecule has 3 N–H and O–H groups in total. The fourth-order valence-electron chi connectivity index (χ4n) is 1.89. The zero-order chi connectivity index (χ0) is 14.2. The quantitative estimate of drug-likeness (QED) is 0.840. The first-order valence-corrected chi connectivity index (χ1v) is 7.97.